The minimum atomic E-state index is -0.263. The Hall–Kier alpha value is -0.950. The number of carbonyl (C=O) groups excluding carboxylic acids is 2. The first-order valence-corrected chi connectivity index (χ1v) is 7.32. The molecule has 0 spiro atoms. The Labute approximate surface area is 132 Å². The summed E-state index contributed by atoms with van der Waals surface area (Å²) in [5.74, 6) is 1.11. The zero-order valence-corrected chi connectivity index (χ0v) is 12.9. The van der Waals surface area contributed by atoms with E-state index in [4.69, 9.17) is 11.6 Å². The number of nitrogens with one attached hydrogen (secondary N) is 3. The first-order chi connectivity index (χ1) is 9.15. The second-order valence-corrected chi connectivity index (χ2v) is 5.51. The summed E-state index contributed by atoms with van der Waals surface area (Å²) in [6.45, 7) is -0.0374. The van der Waals surface area contributed by atoms with E-state index in [0.29, 0.717) is 10.7 Å². The number of anilines is 1. The van der Waals surface area contributed by atoms with Crippen LogP contribution in [-0.4, -0.2) is 36.0 Å². The van der Waals surface area contributed by atoms with Gasteiger partial charge >= 0.3 is 0 Å². The highest BCUT2D eigenvalue weighted by Gasteiger charge is 2.22. The molecule has 8 heteroatoms. The van der Waals surface area contributed by atoms with E-state index >= 15 is 0 Å². The van der Waals surface area contributed by atoms with Gasteiger partial charge in [0, 0.05) is 22.3 Å². The highest BCUT2D eigenvalue weighted by Crippen LogP contribution is 2.13. The van der Waals surface area contributed by atoms with Gasteiger partial charge in [0.05, 0.1) is 12.6 Å². The molecule has 20 heavy (non-hydrogen) atoms. The molecule has 0 bridgehead atoms. The zero-order valence-electron chi connectivity index (χ0n) is 10.5. The molecule has 2 rings (SSSR count). The molecule has 1 aliphatic rings. The molecular weight excluding hydrogens is 321 g/mol. The smallest absolute Gasteiger partial charge is 0.243 e. The Morgan fingerprint density at radius 3 is 2.65 bits per heavy atom. The van der Waals surface area contributed by atoms with Crippen molar-refractivity contribution in [2.24, 2.45) is 0 Å². The maximum absolute atomic E-state index is 11.7. The minimum absolute atomic E-state index is 0. The van der Waals surface area contributed by atoms with Crippen molar-refractivity contribution in [2.75, 3.05) is 23.5 Å². The fourth-order valence-electron chi connectivity index (χ4n) is 1.59. The molecule has 1 heterocycles. The van der Waals surface area contributed by atoms with Gasteiger partial charge in [0.25, 0.3) is 0 Å². The summed E-state index contributed by atoms with van der Waals surface area (Å²) in [7, 11) is 0. The molecule has 1 atom stereocenters. The fourth-order valence-corrected chi connectivity index (χ4v) is 2.66. The van der Waals surface area contributed by atoms with E-state index in [1.54, 1.807) is 36.0 Å². The number of benzene rings is 1. The fraction of sp³-hybridized carbons (Fsp3) is 0.333. The second-order valence-electron chi connectivity index (χ2n) is 4.04. The van der Waals surface area contributed by atoms with Crippen molar-refractivity contribution < 1.29 is 9.59 Å². The van der Waals surface area contributed by atoms with Crippen LogP contribution in [0.5, 0.6) is 0 Å². The standard InChI is InChI=1S/C12H14ClN3O2S.ClH/c13-8-1-3-9(4-2-8)16-11(17)5-14-12(18)10-6-19-7-15-10;/h1-4,10,15H,5-7H2,(H,14,18)(H,16,17);1H. The molecule has 1 fully saturated rings. The lowest BCUT2D eigenvalue weighted by molar-refractivity contribution is -0.125. The van der Waals surface area contributed by atoms with Crippen LogP contribution in [0.4, 0.5) is 5.69 Å². The van der Waals surface area contributed by atoms with Crippen molar-refractivity contribution in [3.8, 4) is 0 Å². The molecule has 0 aromatic heterocycles. The van der Waals surface area contributed by atoms with Crippen molar-refractivity contribution in [1.29, 1.82) is 0 Å². The van der Waals surface area contributed by atoms with Gasteiger partial charge in [-0.3, -0.25) is 14.9 Å². The van der Waals surface area contributed by atoms with Crippen LogP contribution in [0.15, 0.2) is 24.3 Å². The third kappa shape index (κ3) is 5.20. The molecule has 5 nitrogen and oxygen atoms in total. The Morgan fingerprint density at radius 2 is 2.05 bits per heavy atom. The largest absolute Gasteiger partial charge is 0.346 e. The maximum Gasteiger partial charge on any atom is 0.243 e. The van der Waals surface area contributed by atoms with E-state index in [2.05, 4.69) is 16.0 Å². The van der Waals surface area contributed by atoms with Crippen molar-refractivity contribution in [1.82, 2.24) is 10.6 Å². The quantitative estimate of drug-likeness (QED) is 0.779. The second kappa shape index (κ2) is 8.36. The summed E-state index contributed by atoms with van der Waals surface area (Å²) in [5, 5.41) is 8.93. The molecule has 1 aliphatic heterocycles. The summed E-state index contributed by atoms with van der Waals surface area (Å²) in [6, 6.07) is 6.59. The molecule has 110 valence electrons. The van der Waals surface area contributed by atoms with Crippen LogP contribution in [0.1, 0.15) is 0 Å². The van der Waals surface area contributed by atoms with E-state index in [1.165, 1.54) is 0 Å². The maximum atomic E-state index is 11.7. The van der Waals surface area contributed by atoms with Crippen LogP contribution in [0.25, 0.3) is 0 Å². The van der Waals surface area contributed by atoms with Gasteiger partial charge in [0.15, 0.2) is 0 Å². The van der Waals surface area contributed by atoms with Crippen molar-refractivity contribution >= 4 is 53.3 Å². The highest BCUT2D eigenvalue weighted by molar-refractivity contribution is 7.99. The van der Waals surface area contributed by atoms with Crippen LogP contribution in [0.2, 0.25) is 5.02 Å². The van der Waals surface area contributed by atoms with Crippen molar-refractivity contribution in [3.63, 3.8) is 0 Å². The van der Waals surface area contributed by atoms with Crippen LogP contribution in [0.3, 0.4) is 0 Å². The van der Waals surface area contributed by atoms with Crippen LogP contribution in [-0.2, 0) is 9.59 Å². The Kier molecular flexibility index (Phi) is 7.15. The molecule has 1 saturated heterocycles. The topological polar surface area (TPSA) is 70.2 Å². The van der Waals surface area contributed by atoms with Gasteiger partial charge in [0.2, 0.25) is 11.8 Å². The first-order valence-electron chi connectivity index (χ1n) is 5.79. The lowest BCUT2D eigenvalue weighted by Crippen LogP contribution is -2.44. The van der Waals surface area contributed by atoms with E-state index in [1.807, 2.05) is 0 Å². The van der Waals surface area contributed by atoms with Gasteiger partial charge in [-0.2, -0.15) is 0 Å². The molecule has 0 aliphatic carbocycles. The van der Waals surface area contributed by atoms with Gasteiger partial charge in [-0.15, -0.1) is 24.2 Å². The van der Waals surface area contributed by atoms with E-state index in [9.17, 15) is 9.59 Å². The van der Waals surface area contributed by atoms with E-state index < -0.39 is 0 Å². The predicted molar refractivity (Wildman–Crippen MR) is 84.6 cm³/mol. The number of amides is 2. The predicted octanol–water partition coefficient (Wildman–Crippen LogP) is 1.48. The summed E-state index contributed by atoms with van der Waals surface area (Å²) in [5.41, 5.74) is 0.651. The Bertz CT molecular complexity index is 464. The minimum Gasteiger partial charge on any atom is -0.346 e. The highest BCUT2D eigenvalue weighted by atomic mass is 35.5. The summed E-state index contributed by atoms with van der Waals surface area (Å²) >= 11 is 7.41. The van der Waals surface area contributed by atoms with Gasteiger partial charge in [-0.25, -0.2) is 0 Å². The molecule has 1 unspecified atom stereocenters. The summed E-state index contributed by atoms with van der Waals surface area (Å²) in [4.78, 5) is 23.3. The zero-order chi connectivity index (χ0) is 13.7. The van der Waals surface area contributed by atoms with Gasteiger partial charge in [-0.1, -0.05) is 11.6 Å². The molecule has 0 radical (unpaired) electrons. The molecule has 0 saturated carbocycles. The average Bonchev–Trinajstić information content (AvgIpc) is 2.93. The van der Waals surface area contributed by atoms with Crippen LogP contribution in [0, 0.1) is 0 Å². The molecule has 1 aromatic rings. The van der Waals surface area contributed by atoms with Gasteiger partial charge < -0.3 is 10.6 Å². The lowest BCUT2D eigenvalue weighted by Gasteiger charge is -2.10. The monoisotopic (exact) mass is 335 g/mol. The van der Waals surface area contributed by atoms with Gasteiger partial charge in [-0.05, 0) is 24.3 Å². The van der Waals surface area contributed by atoms with Crippen molar-refractivity contribution in [2.45, 2.75) is 6.04 Å². The van der Waals surface area contributed by atoms with E-state index in [0.717, 1.165) is 11.6 Å². The van der Waals surface area contributed by atoms with Gasteiger partial charge in [0.1, 0.15) is 0 Å². The molecule has 3 N–H and O–H groups in total. The lowest BCUT2D eigenvalue weighted by atomic mass is 10.3. The third-order valence-corrected chi connectivity index (χ3v) is 3.78. The van der Waals surface area contributed by atoms with Crippen LogP contribution >= 0.6 is 35.8 Å². The average molecular weight is 336 g/mol. The number of hydrogen-bond donors (Lipinski definition) is 3. The molecular formula is C12H15Cl2N3O2S. The normalized spacial score (nSPS) is 17.1. The molecule has 1 aromatic carbocycles. The summed E-state index contributed by atoms with van der Waals surface area (Å²) in [6.07, 6.45) is 0. The number of rotatable bonds is 4. The summed E-state index contributed by atoms with van der Waals surface area (Å²) < 4.78 is 0. The van der Waals surface area contributed by atoms with E-state index in [-0.39, 0.29) is 36.8 Å². The molecule has 2 amide bonds. The number of halogens is 2. The first kappa shape index (κ1) is 17.1. The number of thioether (sulfide) groups is 1. The van der Waals surface area contributed by atoms with Crippen molar-refractivity contribution in [3.05, 3.63) is 29.3 Å². The third-order valence-electron chi connectivity index (χ3n) is 2.58. The number of hydrogen-bond acceptors (Lipinski definition) is 4. The number of carbonyl (C=O) groups is 2. The Morgan fingerprint density at radius 1 is 1.35 bits per heavy atom. The Balaban J connectivity index is 0.00000200. The SMILES string of the molecule is Cl.O=C(CNC(=O)C1CSCN1)Nc1ccc(Cl)cc1. The van der Waals surface area contributed by atoms with Crippen LogP contribution < -0.4 is 16.0 Å².